The Kier molecular flexibility index (Phi) is 3.31. The number of aromatic nitrogens is 2. The molecule has 2 aromatic heterocycles. The molecule has 6 heteroatoms. The molecule has 16 heavy (non-hydrogen) atoms. The predicted molar refractivity (Wildman–Crippen MR) is 64.9 cm³/mol. The van der Waals surface area contributed by atoms with E-state index in [2.05, 4.69) is 15.3 Å². The summed E-state index contributed by atoms with van der Waals surface area (Å²) in [5.41, 5.74) is 1.86. The van der Waals surface area contributed by atoms with Gasteiger partial charge < -0.3 is 5.32 Å². The van der Waals surface area contributed by atoms with Crippen LogP contribution in [0.4, 0.5) is 0 Å². The summed E-state index contributed by atoms with van der Waals surface area (Å²) in [5, 5.41) is 8.05. The first-order chi connectivity index (χ1) is 7.65. The molecule has 2 rings (SSSR count). The smallest absolute Gasteiger partial charge is 0.280 e. The molecule has 0 spiro atoms. The Morgan fingerprint density at radius 1 is 1.25 bits per heavy atom. The molecule has 0 saturated heterocycles. The number of thiazole rings is 2. The van der Waals surface area contributed by atoms with Gasteiger partial charge in [0.2, 0.25) is 0 Å². The Bertz CT molecular complexity index is 504. The quantitative estimate of drug-likeness (QED) is 0.912. The summed E-state index contributed by atoms with van der Waals surface area (Å²) in [6.45, 7) is 4.28. The van der Waals surface area contributed by atoms with E-state index in [-0.39, 0.29) is 5.91 Å². The molecule has 1 N–H and O–H groups in total. The fraction of sp³-hybridized carbons (Fsp3) is 0.300. The van der Waals surface area contributed by atoms with Crippen molar-refractivity contribution >= 4 is 28.6 Å². The molecule has 0 aromatic carbocycles. The molecule has 0 aliphatic carbocycles. The van der Waals surface area contributed by atoms with Crippen molar-refractivity contribution in [3.8, 4) is 0 Å². The third kappa shape index (κ3) is 2.65. The van der Waals surface area contributed by atoms with E-state index in [1.165, 1.54) is 11.3 Å². The van der Waals surface area contributed by atoms with Gasteiger partial charge in [0.15, 0.2) is 5.01 Å². The topological polar surface area (TPSA) is 54.9 Å². The van der Waals surface area contributed by atoms with Crippen LogP contribution >= 0.6 is 22.7 Å². The number of nitrogens with zero attached hydrogens (tertiary/aromatic N) is 2. The summed E-state index contributed by atoms with van der Waals surface area (Å²) in [5.74, 6) is -0.133. The first kappa shape index (κ1) is 11.2. The lowest BCUT2D eigenvalue weighted by Gasteiger charge is -1.98. The van der Waals surface area contributed by atoms with Gasteiger partial charge in [-0.05, 0) is 13.8 Å². The second-order valence-electron chi connectivity index (χ2n) is 3.36. The molecular weight excluding hydrogens is 242 g/mol. The van der Waals surface area contributed by atoms with E-state index in [0.29, 0.717) is 11.6 Å². The SMILES string of the molecule is Cc1csc(CNC(=O)c2nc(C)cs2)n1. The van der Waals surface area contributed by atoms with Gasteiger partial charge in [0.1, 0.15) is 5.01 Å². The van der Waals surface area contributed by atoms with E-state index < -0.39 is 0 Å². The van der Waals surface area contributed by atoms with Crippen LogP contribution in [0, 0.1) is 13.8 Å². The monoisotopic (exact) mass is 253 g/mol. The van der Waals surface area contributed by atoms with Crippen molar-refractivity contribution in [3.05, 3.63) is 32.2 Å². The van der Waals surface area contributed by atoms with E-state index in [1.54, 1.807) is 11.3 Å². The molecule has 0 aliphatic rings. The van der Waals surface area contributed by atoms with Crippen LogP contribution in [-0.4, -0.2) is 15.9 Å². The number of carbonyl (C=O) groups is 1. The van der Waals surface area contributed by atoms with Gasteiger partial charge in [-0.3, -0.25) is 4.79 Å². The highest BCUT2D eigenvalue weighted by Crippen LogP contribution is 2.10. The molecular formula is C10H11N3OS2. The fourth-order valence-corrected chi connectivity index (χ4v) is 2.60. The number of nitrogens with one attached hydrogen (secondary N) is 1. The summed E-state index contributed by atoms with van der Waals surface area (Å²) in [4.78, 5) is 20.0. The summed E-state index contributed by atoms with van der Waals surface area (Å²) in [6, 6.07) is 0. The Labute approximate surface area is 101 Å². The second-order valence-corrected chi connectivity index (χ2v) is 5.16. The lowest BCUT2D eigenvalue weighted by molar-refractivity contribution is 0.0950. The van der Waals surface area contributed by atoms with Crippen molar-refractivity contribution in [1.82, 2.24) is 15.3 Å². The molecule has 84 valence electrons. The first-order valence-corrected chi connectivity index (χ1v) is 6.52. The highest BCUT2D eigenvalue weighted by atomic mass is 32.1. The van der Waals surface area contributed by atoms with E-state index in [4.69, 9.17) is 0 Å². The van der Waals surface area contributed by atoms with Crippen molar-refractivity contribution < 1.29 is 4.79 Å². The van der Waals surface area contributed by atoms with Crippen LogP contribution in [0.15, 0.2) is 10.8 Å². The first-order valence-electron chi connectivity index (χ1n) is 4.76. The van der Waals surface area contributed by atoms with Gasteiger partial charge in [0, 0.05) is 22.1 Å². The van der Waals surface area contributed by atoms with Gasteiger partial charge in [0.05, 0.1) is 6.54 Å². The number of hydrogen-bond acceptors (Lipinski definition) is 5. The Hall–Kier alpha value is -1.27. The molecule has 0 bridgehead atoms. The standard InChI is InChI=1S/C10H11N3OS2/c1-6-4-15-8(12-6)3-11-9(14)10-13-7(2)5-16-10/h4-5H,3H2,1-2H3,(H,11,14). The predicted octanol–water partition coefficient (Wildman–Crippen LogP) is 2.15. The lowest BCUT2D eigenvalue weighted by Crippen LogP contribution is -2.22. The highest BCUT2D eigenvalue weighted by Gasteiger charge is 2.09. The van der Waals surface area contributed by atoms with Gasteiger partial charge in [-0.25, -0.2) is 9.97 Å². The van der Waals surface area contributed by atoms with E-state index in [9.17, 15) is 4.79 Å². The van der Waals surface area contributed by atoms with Crippen LogP contribution in [0.2, 0.25) is 0 Å². The largest absolute Gasteiger partial charge is 0.343 e. The molecule has 0 saturated carbocycles. The molecule has 2 aromatic rings. The number of aryl methyl sites for hydroxylation is 2. The molecule has 0 atom stereocenters. The van der Waals surface area contributed by atoms with Gasteiger partial charge in [-0.1, -0.05) is 0 Å². The molecule has 0 aliphatic heterocycles. The maximum atomic E-state index is 11.7. The Balaban J connectivity index is 1.93. The zero-order chi connectivity index (χ0) is 11.5. The zero-order valence-corrected chi connectivity index (χ0v) is 10.6. The number of rotatable bonds is 3. The number of amides is 1. The average Bonchev–Trinajstić information content (AvgIpc) is 2.84. The average molecular weight is 253 g/mol. The summed E-state index contributed by atoms with van der Waals surface area (Å²) in [7, 11) is 0. The Morgan fingerprint density at radius 2 is 1.94 bits per heavy atom. The molecule has 1 amide bonds. The summed E-state index contributed by atoms with van der Waals surface area (Å²) >= 11 is 2.91. The molecule has 2 heterocycles. The van der Waals surface area contributed by atoms with Crippen LogP contribution in [0.1, 0.15) is 26.2 Å². The summed E-state index contributed by atoms with van der Waals surface area (Å²) < 4.78 is 0. The van der Waals surface area contributed by atoms with Crippen LogP contribution < -0.4 is 5.32 Å². The fourth-order valence-electron chi connectivity index (χ4n) is 1.17. The van der Waals surface area contributed by atoms with Crippen molar-refractivity contribution in [3.63, 3.8) is 0 Å². The van der Waals surface area contributed by atoms with Gasteiger partial charge in [-0.15, -0.1) is 22.7 Å². The number of hydrogen-bond donors (Lipinski definition) is 1. The third-order valence-corrected chi connectivity index (χ3v) is 3.81. The minimum absolute atomic E-state index is 0.133. The minimum atomic E-state index is -0.133. The zero-order valence-electron chi connectivity index (χ0n) is 8.98. The van der Waals surface area contributed by atoms with E-state index in [1.807, 2.05) is 24.6 Å². The number of carbonyl (C=O) groups excluding carboxylic acids is 1. The van der Waals surface area contributed by atoms with Crippen molar-refractivity contribution in [2.75, 3.05) is 0 Å². The second kappa shape index (κ2) is 4.71. The van der Waals surface area contributed by atoms with Gasteiger partial charge in [0.25, 0.3) is 5.91 Å². The van der Waals surface area contributed by atoms with E-state index in [0.717, 1.165) is 16.4 Å². The van der Waals surface area contributed by atoms with Crippen LogP contribution in [0.3, 0.4) is 0 Å². The van der Waals surface area contributed by atoms with Gasteiger partial charge >= 0.3 is 0 Å². The van der Waals surface area contributed by atoms with Gasteiger partial charge in [-0.2, -0.15) is 0 Å². The summed E-state index contributed by atoms with van der Waals surface area (Å²) in [6.07, 6.45) is 0. The molecule has 0 unspecified atom stereocenters. The lowest BCUT2D eigenvalue weighted by atomic mass is 10.5. The molecule has 0 radical (unpaired) electrons. The molecule has 0 fully saturated rings. The van der Waals surface area contributed by atoms with Crippen LogP contribution in [0.25, 0.3) is 0 Å². The van der Waals surface area contributed by atoms with Crippen LogP contribution in [-0.2, 0) is 6.54 Å². The van der Waals surface area contributed by atoms with Crippen molar-refractivity contribution in [2.24, 2.45) is 0 Å². The highest BCUT2D eigenvalue weighted by molar-refractivity contribution is 7.11. The van der Waals surface area contributed by atoms with Crippen LogP contribution in [0.5, 0.6) is 0 Å². The van der Waals surface area contributed by atoms with Crippen molar-refractivity contribution in [2.45, 2.75) is 20.4 Å². The Morgan fingerprint density at radius 3 is 2.50 bits per heavy atom. The maximum Gasteiger partial charge on any atom is 0.280 e. The van der Waals surface area contributed by atoms with E-state index >= 15 is 0 Å². The minimum Gasteiger partial charge on any atom is -0.343 e. The van der Waals surface area contributed by atoms with Crippen molar-refractivity contribution in [1.29, 1.82) is 0 Å². The normalized spacial score (nSPS) is 10.4. The maximum absolute atomic E-state index is 11.7. The third-order valence-electron chi connectivity index (χ3n) is 1.88. The molecule has 4 nitrogen and oxygen atoms in total.